The number of halogens is 1. The van der Waals surface area contributed by atoms with Crippen LogP contribution in [0.1, 0.15) is 18.2 Å². The smallest absolute Gasteiger partial charge is 0.325 e. The van der Waals surface area contributed by atoms with Crippen LogP contribution in [-0.4, -0.2) is 43.7 Å². The fourth-order valence-corrected chi connectivity index (χ4v) is 3.55. The third kappa shape index (κ3) is 3.21. The monoisotopic (exact) mass is 395 g/mol. The molecule has 144 valence electrons. The van der Waals surface area contributed by atoms with E-state index in [0.717, 1.165) is 9.21 Å². The molecule has 1 saturated heterocycles. The summed E-state index contributed by atoms with van der Waals surface area (Å²) in [5.74, 6) is -0.865. The van der Waals surface area contributed by atoms with Crippen LogP contribution in [0.25, 0.3) is 0 Å². The van der Waals surface area contributed by atoms with Gasteiger partial charge in [0.05, 0.1) is 6.54 Å². The van der Waals surface area contributed by atoms with Crippen molar-refractivity contribution in [2.75, 3.05) is 14.1 Å². The van der Waals surface area contributed by atoms with Gasteiger partial charge >= 0.3 is 6.03 Å². The van der Waals surface area contributed by atoms with E-state index in [4.69, 9.17) is 4.42 Å². The van der Waals surface area contributed by atoms with E-state index in [9.17, 15) is 22.4 Å². The first-order valence-corrected chi connectivity index (χ1v) is 9.41. The fraction of sp³-hybridized carbons (Fsp3) is 0.294. The molecule has 1 aromatic carbocycles. The summed E-state index contributed by atoms with van der Waals surface area (Å²) in [6.45, 7) is 1.29. The van der Waals surface area contributed by atoms with Crippen molar-refractivity contribution in [3.8, 4) is 0 Å². The van der Waals surface area contributed by atoms with Crippen molar-refractivity contribution in [1.29, 1.82) is 0 Å². The maximum Gasteiger partial charge on any atom is 0.325 e. The number of carbonyl (C=O) groups excluding carboxylic acids is 2. The molecule has 0 bridgehead atoms. The maximum absolute atomic E-state index is 13.1. The Morgan fingerprint density at radius 3 is 2.37 bits per heavy atom. The van der Waals surface area contributed by atoms with Gasteiger partial charge in [-0.15, -0.1) is 0 Å². The Labute approximate surface area is 155 Å². The third-order valence-electron chi connectivity index (χ3n) is 4.38. The Balaban J connectivity index is 1.85. The number of hydrogen-bond acceptors (Lipinski definition) is 5. The second-order valence-corrected chi connectivity index (χ2v) is 8.54. The first kappa shape index (κ1) is 19.1. The van der Waals surface area contributed by atoms with Gasteiger partial charge in [0.15, 0.2) is 0 Å². The van der Waals surface area contributed by atoms with Gasteiger partial charge in [0.25, 0.3) is 15.9 Å². The van der Waals surface area contributed by atoms with Crippen LogP contribution in [0.2, 0.25) is 0 Å². The number of nitrogens with zero attached hydrogens (tertiary/aromatic N) is 2. The molecule has 1 aliphatic rings. The zero-order valence-corrected chi connectivity index (χ0v) is 15.7. The highest BCUT2D eigenvalue weighted by Gasteiger charge is 2.49. The van der Waals surface area contributed by atoms with E-state index >= 15 is 0 Å². The second kappa shape index (κ2) is 6.46. The van der Waals surface area contributed by atoms with Gasteiger partial charge in [0.2, 0.25) is 5.09 Å². The number of urea groups is 1. The molecule has 2 heterocycles. The van der Waals surface area contributed by atoms with Crippen molar-refractivity contribution in [2.24, 2.45) is 0 Å². The van der Waals surface area contributed by atoms with Gasteiger partial charge in [-0.25, -0.2) is 21.9 Å². The van der Waals surface area contributed by atoms with E-state index in [2.05, 4.69) is 5.32 Å². The number of sulfonamides is 1. The SMILES string of the molecule is CN(C)S(=O)(=O)c1ccc(CN2C(=O)NC(C)(c3ccc(F)cc3)C2=O)o1. The zero-order valence-electron chi connectivity index (χ0n) is 14.9. The van der Waals surface area contributed by atoms with Crippen molar-refractivity contribution < 1.29 is 26.8 Å². The van der Waals surface area contributed by atoms with Gasteiger partial charge in [0, 0.05) is 14.1 Å². The van der Waals surface area contributed by atoms with Gasteiger partial charge in [-0.2, -0.15) is 0 Å². The molecule has 27 heavy (non-hydrogen) atoms. The Hall–Kier alpha value is -2.72. The molecular formula is C17H18FN3O5S. The summed E-state index contributed by atoms with van der Waals surface area (Å²) < 4.78 is 43.6. The van der Waals surface area contributed by atoms with E-state index in [1.165, 1.54) is 57.4 Å². The summed E-state index contributed by atoms with van der Waals surface area (Å²) in [6, 6.07) is 7.26. The van der Waals surface area contributed by atoms with E-state index in [1.54, 1.807) is 0 Å². The number of benzene rings is 1. The van der Waals surface area contributed by atoms with E-state index in [-0.39, 0.29) is 17.4 Å². The van der Waals surface area contributed by atoms with Crippen molar-refractivity contribution >= 4 is 22.0 Å². The lowest BCUT2D eigenvalue weighted by atomic mass is 9.92. The first-order chi connectivity index (χ1) is 12.6. The van der Waals surface area contributed by atoms with Crippen molar-refractivity contribution in [3.05, 3.63) is 53.5 Å². The molecule has 0 aliphatic carbocycles. The summed E-state index contributed by atoms with van der Waals surface area (Å²) >= 11 is 0. The lowest BCUT2D eigenvalue weighted by molar-refractivity contribution is -0.131. The van der Waals surface area contributed by atoms with Crippen LogP contribution >= 0.6 is 0 Å². The maximum atomic E-state index is 13.1. The molecule has 1 aliphatic heterocycles. The molecule has 1 N–H and O–H groups in total. The predicted octanol–water partition coefficient (Wildman–Crippen LogP) is 1.64. The number of furan rings is 1. The average molecular weight is 395 g/mol. The van der Waals surface area contributed by atoms with Crippen molar-refractivity contribution in [2.45, 2.75) is 24.1 Å². The van der Waals surface area contributed by atoms with Gasteiger partial charge in [-0.3, -0.25) is 9.69 Å². The standard InChI is InChI=1S/C17H18FN3O5S/c1-17(11-4-6-12(18)7-5-11)15(22)21(16(23)19-17)10-13-8-9-14(26-13)27(24,25)20(2)3/h4-9H,10H2,1-3H3,(H,19,23). The summed E-state index contributed by atoms with van der Waals surface area (Å²) in [7, 11) is -1.03. The molecule has 0 radical (unpaired) electrons. The average Bonchev–Trinajstić information content (AvgIpc) is 3.15. The van der Waals surface area contributed by atoms with E-state index in [1.807, 2.05) is 0 Å². The predicted molar refractivity (Wildman–Crippen MR) is 92.4 cm³/mol. The van der Waals surface area contributed by atoms with Crippen LogP contribution in [0.3, 0.4) is 0 Å². The first-order valence-electron chi connectivity index (χ1n) is 7.97. The van der Waals surface area contributed by atoms with Gasteiger partial charge in [-0.05, 0) is 36.8 Å². The van der Waals surface area contributed by atoms with Crippen LogP contribution in [0.15, 0.2) is 45.9 Å². The highest BCUT2D eigenvalue weighted by atomic mass is 32.2. The number of carbonyl (C=O) groups is 2. The fourth-order valence-electron chi connectivity index (χ4n) is 2.74. The molecule has 10 heteroatoms. The molecular weight excluding hydrogens is 377 g/mol. The Morgan fingerprint density at radius 1 is 1.15 bits per heavy atom. The van der Waals surface area contributed by atoms with Gasteiger partial charge in [-0.1, -0.05) is 12.1 Å². The van der Waals surface area contributed by atoms with Gasteiger partial charge < -0.3 is 9.73 Å². The highest BCUT2D eigenvalue weighted by Crippen LogP contribution is 2.30. The van der Waals surface area contributed by atoms with Crippen LogP contribution < -0.4 is 5.32 Å². The molecule has 0 saturated carbocycles. The third-order valence-corrected chi connectivity index (χ3v) is 6.07. The number of rotatable bonds is 5. The van der Waals surface area contributed by atoms with Gasteiger partial charge in [0.1, 0.15) is 17.1 Å². The molecule has 1 unspecified atom stereocenters. The van der Waals surface area contributed by atoms with Crippen LogP contribution in [-0.2, 0) is 26.9 Å². The van der Waals surface area contributed by atoms with Crippen LogP contribution in [0, 0.1) is 5.82 Å². The van der Waals surface area contributed by atoms with E-state index < -0.39 is 33.3 Å². The molecule has 2 aromatic rings. The number of hydrogen-bond donors (Lipinski definition) is 1. The molecule has 0 spiro atoms. The van der Waals surface area contributed by atoms with Crippen molar-refractivity contribution in [1.82, 2.24) is 14.5 Å². The Kier molecular flexibility index (Phi) is 4.56. The minimum absolute atomic E-state index is 0.141. The number of amides is 3. The molecule has 1 fully saturated rings. The van der Waals surface area contributed by atoms with Crippen LogP contribution in [0.4, 0.5) is 9.18 Å². The summed E-state index contributed by atoms with van der Waals surface area (Å²) in [6.07, 6.45) is 0. The largest absolute Gasteiger partial charge is 0.446 e. The van der Waals surface area contributed by atoms with Crippen LogP contribution in [0.5, 0.6) is 0 Å². The number of nitrogens with one attached hydrogen (secondary N) is 1. The normalized spacial score (nSPS) is 20.4. The Bertz CT molecular complexity index is 1000. The minimum atomic E-state index is -3.76. The molecule has 1 atom stereocenters. The number of imide groups is 1. The Morgan fingerprint density at radius 2 is 1.78 bits per heavy atom. The zero-order chi connectivity index (χ0) is 20.0. The summed E-state index contributed by atoms with van der Waals surface area (Å²) in [5, 5.41) is 2.31. The lowest BCUT2D eigenvalue weighted by Gasteiger charge is -2.22. The van der Waals surface area contributed by atoms with Crippen molar-refractivity contribution in [3.63, 3.8) is 0 Å². The minimum Gasteiger partial charge on any atom is -0.446 e. The van der Waals surface area contributed by atoms with E-state index in [0.29, 0.717) is 5.56 Å². The highest BCUT2D eigenvalue weighted by molar-refractivity contribution is 7.88. The summed E-state index contributed by atoms with van der Waals surface area (Å²) in [4.78, 5) is 26.1. The summed E-state index contributed by atoms with van der Waals surface area (Å²) in [5.41, 5.74) is -0.921. The topological polar surface area (TPSA) is 99.9 Å². The molecule has 1 aromatic heterocycles. The molecule has 3 amide bonds. The lowest BCUT2D eigenvalue weighted by Crippen LogP contribution is -2.40. The quantitative estimate of drug-likeness (QED) is 0.776. The molecule has 3 rings (SSSR count). The second-order valence-electron chi connectivity index (χ2n) is 6.46. The molecule has 8 nitrogen and oxygen atoms in total.